The smallest absolute Gasteiger partial charge is 0.257 e. The Hall–Kier alpha value is -2.43. The number of pyridine rings is 1. The fourth-order valence-corrected chi connectivity index (χ4v) is 1.73. The van der Waals surface area contributed by atoms with Gasteiger partial charge < -0.3 is 9.55 Å². The monoisotopic (exact) mass is 212 g/mol. The normalized spacial score (nSPS) is 10.8. The zero-order chi connectivity index (χ0) is 11.0. The molecular weight excluding hydrogens is 204 g/mol. The van der Waals surface area contributed by atoms with E-state index in [1.165, 1.54) is 0 Å². The van der Waals surface area contributed by atoms with Gasteiger partial charge >= 0.3 is 0 Å². The number of H-pyrrole nitrogens is 1. The van der Waals surface area contributed by atoms with E-state index in [0.29, 0.717) is 5.39 Å². The Morgan fingerprint density at radius 1 is 1.19 bits per heavy atom. The van der Waals surface area contributed by atoms with Crippen molar-refractivity contribution in [2.75, 3.05) is 0 Å². The van der Waals surface area contributed by atoms with Crippen LogP contribution in [0.3, 0.4) is 0 Å². The Balaban J connectivity index is 2.34. The van der Waals surface area contributed by atoms with Crippen LogP contribution in [-0.4, -0.2) is 19.7 Å². The molecular formula is C11H8N4O. The highest BCUT2D eigenvalue weighted by molar-refractivity contribution is 5.80. The Kier molecular flexibility index (Phi) is 1.83. The van der Waals surface area contributed by atoms with Crippen molar-refractivity contribution in [3.63, 3.8) is 0 Å². The minimum atomic E-state index is -0.0849. The summed E-state index contributed by atoms with van der Waals surface area (Å²) in [6.07, 6.45) is 6.75. The maximum Gasteiger partial charge on any atom is 0.257 e. The summed E-state index contributed by atoms with van der Waals surface area (Å²) in [5, 5.41) is 8.20. The molecule has 0 fully saturated rings. The second-order valence-corrected chi connectivity index (χ2v) is 3.39. The van der Waals surface area contributed by atoms with Crippen molar-refractivity contribution >= 4 is 10.9 Å². The number of rotatable bonds is 1. The van der Waals surface area contributed by atoms with Crippen LogP contribution in [0.25, 0.3) is 16.6 Å². The molecule has 3 aromatic heterocycles. The highest BCUT2D eigenvalue weighted by Crippen LogP contribution is 2.15. The summed E-state index contributed by atoms with van der Waals surface area (Å²) in [6, 6.07) is 5.49. The molecule has 0 spiro atoms. The van der Waals surface area contributed by atoms with Crippen LogP contribution in [0.15, 0.2) is 47.8 Å². The molecule has 1 N–H and O–H groups in total. The SMILES string of the molecule is O=c1[nH]ccc2c1ccn2-c1ccnnc1. The molecule has 5 nitrogen and oxygen atoms in total. The highest BCUT2D eigenvalue weighted by Gasteiger charge is 2.04. The van der Waals surface area contributed by atoms with E-state index in [0.717, 1.165) is 11.2 Å². The van der Waals surface area contributed by atoms with Crippen molar-refractivity contribution in [3.8, 4) is 5.69 Å². The van der Waals surface area contributed by atoms with Gasteiger partial charge in [-0.05, 0) is 18.2 Å². The van der Waals surface area contributed by atoms with Crippen LogP contribution in [0.5, 0.6) is 0 Å². The van der Waals surface area contributed by atoms with Crippen LogP contribution in [0.2, 0.25) is 0 Å². The average Bonchev–Trinajstić information content (AvgIpc) is 2.75. The number of nitrogens with one attached hydrogen (secondary N) is 1. The van der Waals surface area contributed by atoms with E-state index in [2.05, 4.69) is 15.2 Å². The van der Waals surface area contributed by atoms with Gasteiger partial charge in [0.2, 0.25) is 0 Å². The van der Waals surface area contributed by atoms with Crippen molar-refractivity contribution in [2.24, 2.45) is 0 Å². The van der Waals surface area contributed by atoms with Crippen molar-refractivity contribution in [2.45, 2.75) is 0 Å². The molecule has 0 aromatic carbocycles. The predicted molar refractivity (Wildman–Crippen MR) is 59.5 cm³/mol. The highest BCUT2D eigenvalue weighted by atomic mass is 16.1. The van der Waals surface area contributed by atoms with Crippen molar-refractivity contribution in [1.29, 1.82) is 0 Å². The second-order valence-electron chi connectivity index (χ2n) is 3.39. The van der Waals surface area contributed by atoms with Gasteiger partial charge in [-0.2, -0.15) is 10.2 Å². The molecule has 0 bridgehead atoms. The standard InChI is InChI=1S/C11H8N4O/c16-11-9-3-6-15(10(9)2-4-12-11)8-1-5-13-14-7-8/h1-7H,(H,12,16). The molecule has 0 radical (unpaired) electrons. The fourth-order valence-electron chi connectivity index (χ4n) is 1.73. The lowest BCUT2D eigenvalue weighted by molar-refractivity contribution is 0.989. The summed E-state index contributed by atoms with van der Waals surface area (Å²) >= 11 is 0. The largest absolute Gasteiger partial charge is 0.328 e. The Morgan fingerprint density at radius 2 is 2.12 bits per heavy atom. The molecule has 0 amide bonds. The van der Waals surface area contributed by atoms with E-state index in [1.54, 1.807) is 24.7 Å². The molecule has 0 saturated carbocycles. The van der Waals surface area contributed by atoms with Gasteiger partial charge in [0, 0.05) is 12.4 Å². The van der Waals surface area contributed by atoms with E-state index in [4.69, 9.17) is 0 Å². The number of aromatic amines is 1. The first-order chi connectivity index (χ1) is 7.86. The quantitative estimate of drug-likeness (QED) is 0.657. The number of aromatic nitrogens is 4. The van der Waals surface area contributed by atoms with Crippen LogP contribution in [-0.2, 0) is 0 Å². The Labute approximate surface area is 90.4 Å². The van der Waals surface area contributed by atoms with Crippen molar-refractivity contribution < 1.29 is 0 Å². The lowest BCUT2D eigenvalue weighted by Gasteiger charge is -2.02. The van der Waals surface area contributed by atoms with Gasteiger partial charge in [0.05, 0.1) is 29.0 Å². The molecule has 3 rings (SSSR count). The van der Waals surface area contributed by atoms with Gasteiger partial charge in [-0.15, -0.1) is 0 Å². The first-order valence-corrected chi connectivity index (χ1v) is 4.82. The number of fused-ring (bicyclic) bond motifs is 1. The van der Waals surface area contributed by atoms with Gasteiger partial charge in [-0.1, -0.05) is 0 Å². The third kappa shape index (κ3) is 1.22. The van der Waals surface area contributed by atoms with E-state index in [-0.39, 0.29) is 5.56 Å². The topological polar surface area (TPSA) is 63.6 Å². The molecule has 3 aromatic rings. The van der Waals surface area contributed by atoms with Gasteiger partial charge in [0.1, 0.15) is 0 Å². The summed E-state index contributed by atoms with van der Waals surface area (Å²) in [6.45, 7) is 0. The fraction of sp³-hybridized carbons (Fsp3) is 0. The molecule has 0 saturated heterocycles. The molecule has 16 heavy (non-hydrogen) atoms. The average molecular weight is 212 g/mol. The molecule has 0 aliphatic rings. The molecule has 0 unspecified atom stereocenters. The Morgan fingerprint density at radius 3 is 2.94 bits per heavy atom. The zero-order valence-corrected chi connectivity index (χ0v) is 8.29. The molecule has 5 heteroatoms. The summed E-state index contributed by atoms with van der Waals surface area (Å²) in [5.41, 5.74) is 1.66. The minimum Gasteiger partial charge on any atom is -0.328 e. The third-order valence-electron chi connectivity index (χ3n) is 2.47. The van der Waals surface area contributed by atoms with E-state index in [9.17, 15) is 4.79 Å². The summed E-state index contributed by atoms with van der Waals surface area (Å²) < 4.78 is 1.90. The third-order valence-corrected chi connectivity index (χ3v) is 2.47. The van der Waals surface area contributed by atoms with Crippen LogP contribution in [0.1, 0.15) is 0 Å². The van der Waals surface area contributed by atoms with Crippen molar-refractivity contribution in [1.82, 2.24) is 19.7 Å². The predicted octanol–water partition coefficient (Wildman–Crippen LogP) is 1.11. The van der Waals surface area contributed by atoms with E-state index in [1.807, 2.05) is 22.9 Å². The van der Waals surface area contributed by atoms with Gasteiger partial charge in [-0.3, -0.25) is 4.79 Å². The summed E-state index contributed by atoms with van der Waals surface area (Å²) in [7, 11) is 0. The lowest BCUT2D eigenvalue weighted by atomic mass is 10.3. The molecule has 0 atom stereocenters. The van der Waals surface area contributed by atoms with Crippen LogP contribution >= 0.6 is 0 Å². The zero-order valence-electron chi connectivity index (χ0n) is 8.29. The molecule has 0 aliphatic carbocycles. The number of hydrogen-bond acceptors (Lipinski definition) is 3. The van der Waals surface area contributed by atoms with Crippen molar-refractivity contribution in [3.05, 3.63) is 53.3 Å². The van der Waals surface area contributed by atoms with Gasteiger partial charge in [0.15, 0.2) is 0 Å². The maximum atomic E-state index is 11.5. The molecule has 0 aliphatic heterocycles. The molecule has 3 heterocycles. The van der Waals surface area contributed by atoms with E-state index >= 15 is 0 Å². The van der Waals surface area contributed by atoms with Gasteiger partial charge in [0.25, 0.3) is 5.56 Å². The van der Waals surface area contributed by atoms with E-state index < -0.39 is 0 Å². The van der Waals surface area contributed by atoms with Crippen LogP contribution in [0.4, 0.5) is 0 Å². The first kappa shape index (κ1) is 8.84. The minimum absolute atomic E-state index is 0.0849. The molecule has 78 valence electrons. The van der Waals surface area contributed by atoms with Gasteiger partial charge in [-0.25, -0.2) is 0 Å². The van der Waals surface area contributed by atoms with Crippen LogP contribution < -0.4 is 5.56 Å². The van der Waals surface area contributed by atoms with Crippen LogP contribution in [0, 0.1) is 0 Å². The summed E-state index contributed by atoms with van der Waals surface area (Å²) in [5.74, 6) is 0. The lowest BCUT2D eigenvalue weighted by Crippen LogP contribution is -2.04. The number of hydrogen-bond donors (Lipinski definition) is 1. The number of nitrogens with zero attached hydrogens (tertiary/aromatic N) is 3. The second kappa shape index (κ2) is 3.30. The Bertz CT molecular complexity index is 684. The first-order valence-electron chi connectivity index (χ1n) is 4.82. The maximum absolute atomic E-state index is 11.5. The summed E-state index contributed by atoms with van der Waals surface area (Å²) in [4.78, 5) is 14.2.